The Morgan fingerprint density at radius 1 is 1.14 bits per heavy atom. The number of amides is 1. The summed E-state index contributed by atoms with van der Waals surface area (Å²) in [7, 11) is 5.49. The molecule has 0 aromatic heterocycles. The minimum absolute atomic E-state index is 0.170. The van der Waals surface area contributed by atoms with Crippen molar-refractivity contribution in [1.29, 1.82) is 0 Å². The van der Waals surface area contributed by atoms with Crippen LogP contribution in [0.5, 0.6) is 5.75 Å². The highest BCUT2D eigenvalue weighted by Crippen LogP contribution is 2.28. The molecule has 0 saturated heterocycles. The first-order valence-electron chi connectivity index (χ1n) is 6.43. The lowest BCUT2D eigenvalue weighted by atomic mass is 10.2. The van der Waals surface area contributed by atoms with Crippen molar-refractivity contribution >= 4 is 33.2 Å². The van der Waals surface area contributed by atoms with Crippen LogP contribution in [0.3, 0.4) is 0 Å². The van der Waals surface area contributed by atoms with E-state index in [1.807, 2.05) is 43.3 Å². The Bertz CT molecular complexity index is 639. The molecular weight excluding hydrogens is 332 g/mol. The number of methoxy groups -OCH3 is 1. The molecule has 2 aromatic carbocycles. The molecule has 2 rings (SSSR count). The van der Waals surface area contributed by atoms with Gasteiger partial charge in [0.25, 0.3) is 5.91 Å². The molecule has 1 N–H and O–H groups in total. The molecule has 0 fully saturated rings. The minimum Gasteiger partial charge on any atom is -0.495 e. The topological polar surface area (TPSA) is 41.6 Å². The summed E-state index contributed by atoms with van der Waals surface area (Å²) >= 11 is 3.38. The van der Waals surface area contributed by atoms with Crippen LogP contribution in [0.2, 0.25) is 0 Å². The van der Waals surface area contributed by atoms with E-state index in [1.54, 1.807) is 25.3 Å². The summed E-state index contributed by atoms with van der Waals surface area (Å²) < 4.78 is 6.12. The van der Waals surface area contributed by atoms with Crippen LogP contribution in [0.1, 0.15) is 10.4 Å². The minimum atomic E-state index is -0.170. The number of rotatable bonds is 4. The van der Waals surface area contributed by atoms with E-state index in [2.05, 4.69) is 21.2 Å². The quantitative estimate of drug-likeness (QED) is 0.914. The lowest BCUT2D eigenvalue weighted by Crippen LogP contribution is -2.13. The highest BCUT2D eigenvalue weighted by Gasteiger charge is 2.10. The standard InChI is InChI=1S/C16H17BrN2O2/c1-19(2)13-7-4-11(5-8-13)16(20)18-14-10-12(17)6-9-15(14)21-3/h4-10H,1-3H3,(H,18,20). The van der Waals surface area contributed by atoms with Crippen molar-refractivity contribution in [2.75, 3.05) is 31.4 Å². The number of benzene rings is 2. The highest BCUT2D eigenvalue weighted by molar-refractivity contribution is 9.10. The van der Waals surface area contributed by atoms with Crippen molar-refractivity contribution in [2.45, 2.75) is 0 Å². The molecule has 0 spiro atoms. The molecule has 1 amide bonds. The van der Waals surface area contributed by atoms with E-state index in [0.717, 1.165) is 10.2 Å². The second-order valence-electron chi connectivity index (χ2n) is 4.74. The SMILES string of the molecule is COc1ccc(Br)cc1NC(=O)c1ccc(N(C)C)cc1. The summed E-state index contributed by atoms with van der Waals surface area (Å²) in [6.07, 6.45) is 0. The molecule has 0 radical (unpaired) electrons. The average Bonchev–Trinajstić information content (AvgIpc) is 2.47. The molecule has 0 atom stereocenters. The lowest BCUT2D eigenvalue weighted by Gasteiger charge is -2.13. The fourth-order valence-electron chi connectivity index (χ4n) is 1.88. The van der Waals surface area contributed by atoms with Gasteiger partial charge in [-0.25, -0.2) is 0 Å². The summed E-state index contributed by atoms with van der Waals surface area (Å²) in [4.78, 5) is 14.3. The molecule has 5 heteroatoms. The van der Waals surface area contributed by atoms with Gasteiger partial charge in [0.05, 0.1) is 12.8 Å². The van der Waals surface area contributed by atoms with Crippen LogP contribution in [0.15, 0.2) is 46.9 Å². The molecular formula is C16H17BrN2O2. The zero-order valence-electron chi connectivity index (χ0n) is 12.2. The van der Waals surface area contributed by atoms with E-state index < -0.39 is 0 Å². The van der Waals surface area contributed by atoms with Crippen LogP contribution >= 0.6 is 15.9 Å². The Labute approximate surface area is 132 Å². The summed E-state index contributed by atoms with van der Waals surface area (Å²) in [5.74, 6) is 0.452. The number of hydrogen-bond donors (Lipinski definition) is 1. The van der Waals surface area contributed by atoms with Crippen molar-refractivity contribution in [2.24, 2.45) is 0 Å². The van der Waals surface area contributed by atoms with Gasteiger partial charge >= 0.3 is 0 Å². The maximum atomic E-state index is 12.3. The van der Waals surface area contributed by atoms with E-state index in [9.17, 15) is 4.79 Å². The number of carbonyl (C=O) groups is 1. The van der Waals surface area contributed by atoms with E-state index in [0.29, 0.717) is 17.0 Å². The first-order valence-corrected chi connectivity index (χ1v) is 7.23. The van der Waals surface area contributed by atoms with Crippen LogP contribution in [0, 0.1) is 0 Å². The molecule has 0 unspecified atom stereocenters. The number of ether oxygens (including phenoxy) is 1. The van der Waals surface area contributed by atoms with Gasteiger partial charge in [-0.3, -0.25) is 4.79 Å². The fraction of sp³-hybridized carbons (Fsp3) is 0.188. The Kier molecular flexibility index (Phi) is 4.85. The molecule has 21 heavy (non-hydrogen) atoms. The maximum Gasteiger partial charge on any atom is 0.255 e. The van der Waals surface area contributed by atoms with Crippen LogP contribution < -0.4 is 15.0 Å². The fourth-order valence-corrected chi connectivity index (χ4v) is 2.24. The van der Waals surface area contributed by atoms with Crippen LogP contribution in [-0.2, 0) is 0 Å². The van der Waals surface area contributed by atoms with Gasteiger partial charge in [-0.15, -0.1) is 0 Å². The maximum absolute atomic E-state index is 12.3. The summed E-state index contributed by atoms with van der Waals surface area (Å²) in [6, 6.07) is 12.9. The monoisotopic (exact) mass is 348 g/mol. The second-order valence-corrected chi connectivity index (χ2v) is 5.66. The van der Waals surface area contributed by atoms with Crippen LogP contribution in [0.25, 0.3) is 0 Å². The zero-order valence-corrected chi connectivity index (χ0v) is 13.8. The normalized spacial score (nSPS) is 10.1. The second kappa shape index (κ2) is 6.63. The van der Waals surface area contributed by atoms with Gasteiger partial charge < -0.3 is 15.0 Å². The zero-order chi connectivity index (χ0) is 15.4. The third kappa shape index (κ3) is 3.76. The van der Waals surface area contributed by atoms with Gasteiger partial charge in [0, 0.05) is 29.8 Å². The third-order valence-corrected chi connectivity index (χ3v) is 3.55. The molecule has 0 heterocycles. The van der Waals surface area contributed by atoms with Gasteiger partial charge in [-0.2, -0.15) is 0 Å². The molecule has 4 nitrogen and oxygen atoms in total. The van der Waals surface area contributed by atoms with Gasteiger partial charge in [0.1, 0.15) is 5.75 Å². The number of anilines is 2. The van der Waals surface area contributed by atoms with Crippen molar-refractivity contribution in [3.05, 3.63) is 52.5 Å². The van der Waals surface area contributed by atoms with E-state index in [-0.39, 0.29) is 5.91 Å². The molecule has 0 aliphatic rings. The van der Waals surface area contributed by atoms with Gasteiger partial charge in [0.2, 0.25) is 0 Å². The highest BCUT2D eigenvalue weighted by atomic mass is 79.9. The Hall–Kier alpha value is -2.01. The van der Waals surface area contributed by atoms with Crippen molar-refractivity contribution < 1.29 is 9.53 Å². The van der Waals surface area contributed by atoms with E-state index in [4.69, 9.17) is 4.74 Å². The Morgan fingerprint density at radius 3 is 2.38 bits per heavy atom. The number of nitrogens with one attached hydrogen (secondary N) is 1. The summed E-state index contributed by atoms with van der Waals surface area (Å²) in [5, 5.41) is 2.86. The third-order valence-electron chi connectivity index (χ3n) is 3.06. The number of nitrogens with zero attached hydrogens (tertiary/aromatic N) is 1. The van der Waals surface area contributed by atoms with Crippen molar-refractivity contribution in [1.82, 2.24) is 0 Å². The summed E-state index contributed by atoms with van der Waals surface area (Å²) in [6.45, 7) is 0. The first kappa shape index (κ1) is 15.4. The molecule has 110 valence electrons. The first-order chi connectivity index (χ1) is 10.0. The van der Waals surface area contributed by atoms with Gasteiger partial charge in [0.15, 0.2) is 0 Å². The number of halogens is 1. The Balaban J connectivity index is 2.19. The van der Waals surface area contributed by atoms with Crippen LogP contribution in [-0.4, -0.2) is 27.1 Å². The molecule has 0 saturated carbocycles. The van der Waals surface area contributed by atoms with E-state index in [1.165, 1.54) is 0 Å². The van der Waals surface area contributed by atoms with Crippen molar-refractivity contribution in [3.63, 3.8) is 0 Å². The van der Waals surface area contributed by atoms with Gasteiger partial charge in [-0.1, -0.05) is 15.9 Å². The van der Waals surface area contributed by atoms with E-state index >= 15 is 0 Å². The molecule has 0 aliphatic heterocycles. The largest absolute Gasteiger partial charge is 0.495 e. The molecule has 0 bridgehead atoms. The number of carbonyl (C=O) groups excluding carboxylic acids is 1. The lowest BCUT2D eigenvalue weighted by molar-refractivity contribution is 0.102. The van der Waals surface area contributed by atoms with Crippen LogP contribution in [0.4, 0.5) is 11.4 Å². The van der Waals surface area contributed by atoms with Gasteiger partial charge in [-0.05, 0) is 42.5 Å². The molecule has 2 aromatic rings. The predicted octanol–water partition coefficient (Wildman–Crippen LogP) is 3.78. The number of hydrogen-bond acceptors (Lipinski definition) is 3. The Morgan fingerprint density at radius 2 is 1.81 bits per heavy atom. The predicted molar refractivity (Wildman–Crippen MR) is 89.4 cm³/mol. The average molecular weight is 349 g/mol. The van der Waals surface area contributed by atoms with Crippen molar-refractivity contribution in [3.8, 4) is 5.75 Å². The smallest absolute Gasteiger partial charge is 0.255 e. The summed E-state index contributed by atoms with van der Waals surface area (Å²) in [5.41, 5.74) is 2.28. The molecule has 0 aliphatic carbocycles.